The Kier molecular flexibility index (Phi) is 6.67. The summed E-state index contributed by atoms with van der Waals surface area (Å²) in [6.07, 6.45) is 0.612. The van der Waals surface area contributed by atoms with Crippen LogP contribution in [0.15, 0.2) is 28.2 Å². The van der Waals surface area contributed by atoms with Gasteiger partial charge in [0.05, 0.1) is 18.7 Å². The number of aryl methyl sites for hydroxylation is 1. The standard InChI is InChI=1S/C16H22ClN7O2/c1-8-2-3-9(6-10(8)17)22-15(13(19)14(20)25)24-16(21)23-12-4-5-26-7-11(12)18/h2-3,6,11-12,19H,4-5,7,18H2,1H3,(H2,20,25)(H3,21,22,23,24)/t11-,12+/m0/s1. The molecular weight excluding hydrogens is 358 g/mol. The minimum Gasteiger partial charge on any atom is -0.380 e. The monoisotopic (exact) mass is 379 g/mol. The van der Waals surface area contributed by atoms with Gasteiger partial charge in [-0.05, 0) is 31.0 Å². The van der Waals surface area contributed by atoms with E-state index in [9.17, 15) is 4.79 Å². The average molecular weight is 380 g/mol. The number of benzene rings is 1. The number of amides is 1. The first-order valence-electron chi connectivity index (χ1n) is 7.95. The Labute approximate surface area is 156 Å². The second-order valence-electron chi connectivity index (χ2n) is 5.87. The van der Waals surface area contributed by atoms with E-state index in [2.05, 4.69) is 15.3 Å². The van der Waals surface area contributed by atoms with Crippen LogP contribution in [-0.2, 0) is 9.53 Å². The van der Waals surface area contributed by atoms with Gasteiger partial charge in [0.15, 0.2) is 11.5 Å². The van der Waals surface area contributed by atoms with Gasteiger partial charge in [0.2, 0.25) is 5.96 Å². The van der Waals surface area contributed by atoms with Crippen LogP contribution in [0.3, 0.4) is 0 Å². The van der Waals surface area contributed by atoms with Crippen molar-refractivity contribution in [2.45, 2.75) is 25.4 Å². The molecule has 8 N–H and O–H groups in total. The maximum Gasteiger partial charge on any atom is 0.270 e. The Hall–Kier alpha value is -2.49. The van der Waals surface area contributed by atoms with Crippen LogP contribution < -0.4 is 22.5 Å². The molecular formula is C16H22ClN7O2. The van der Waals surface area contributed by atoms with Crippen LogP contribution in [0, 0.1) is 12.3 Å². The van der Waals surface area contributed by atoms with Crippen molar-refractivity contribution < 1.29 is 9.53 Å². The minimum atomic E-state index is -0.954. The third kappa shape index (κ3) is 5.25. The third-order valence-electron chi connectivity index (χ3n) is 3.80. The molecule has 1 saturated heterocycles. The van der Waals surface area contributed by atoms with Crippen molar-refractivity contribution in [3.63, 3.8) is 0 Å². The summed E-state index contributed by atoms with van der Waals surface area (Å²) >= 11 is 6.09. The van der Waals surface area contributed by atoms with Crippen LogP contribution in [0.4, 0.5) is 5.69 Å². The van der Waals surface area contributed by atoms with E-state index < -0.39 is 11.6 Å². The van der Waals surface area contributed by atoms with E-state index in [0.29, 0.717) is 30.3 Å². The fourth-order valence-electron chi connectivity index (χ4n) is 2.29. The first-order valence-corrected chi connectivity index (χ1v) is 8.33. The number of ether oxygens (including phenoxy) is 1. The zero-order valence-electron chi connectivity index (χ0n) is 14.3. The minimum absolute atomic E-state index is 0.112. The van der Waals surface area contributed by atoms with Crippen LogP contribution in [0.25, 0.3) is 0 Å². The summed E-state index contributed by atoms with van der Waals surface area (Å²) in [4.78, 5) is 19.7. The van der Waals surface area contributed by atoms with Crippen LogP contribution >= 0.6 is 11.6 Å². The fourth-order valence-corrected chi connectivity index (χ4v) is 2.47. The molecule has 0 bridgehead atoms. The molecule has 9 nitrogen and oxygen atoms in total. The summed E-state index contributed by atoms with van der Waals surface area (Å²) in [6.45, 7) is 2.77. The highest BCUT2D eigenvalue weighted by molar-refractivity contribution is 6.67. The molecule has 140 valence electrons. The molecule has 10 heteroatoms. The summed E-state index contributed by atoms with van der Waals surface area (Å²) in [5.41, 5.74) is 17.9. The van der Waals surface area contributed by atoms with Crippen molar-refractivity contribution in [2.24, 2.45) is 27.2 Å². The van der Waals surface area contributed by atoms with Crippen LogP contribution in [-0.4, -0.2) is 48.7 Å². The molecule has 1 amide bonds. The van der Waals surface area contributed by atoms with Gasteiger partial charge in [-0.25, -0.2) is 4.99 Å². The van der Waals surface area contributed by atoms with Gasteiger partial charge in [0.25, 0.3) is 5.91 Å². The summed E-state index contributed by atoms with van der Waals surface area (Å²) in [5.74, 6) is -1.19. The normalized spacial score (nSPS) is 21.3. The van der Waals surface area contributed by atoms with Gasteiger partial charge in [-0.15, -0.1) is 0 Å². The zero-order valence-corrected chi connectivity index (χ0v) is 15.1. The molecule has 0 spiro atoms. The predicted molar refractivity (Wildman–Crippen MR) is 103 cm³/mol. The second kappa shape index (κ2) is 8.75. The molecule has 2 rings (SSSR count). The molecule has 1 aliphatic rings. The summed E-state index contributed by atoms with van der Waals surface area (Å²) < 4.78 is 5.25. The lowest BCUT2D eigenvalue weighted by Gasteiger charge is -2.25. The molecule has 2 atom stereocenters. The first kappa shape index (κ1) is 19.8. The quantitative estimate of drug-likeness (QED) is 0.376. The number of nitrogens with one attached hydrogen (secondary N) is 2. The Balaban J connectivity index is 2.27. The van der Waals surface area contributed by atoms with Crippen molar-refractivity contribution in [1.29, 1.82) is 5.41 Å². The van der Waals surface area contributed by atoms with Gasteiger partial charge < -0.3 is 27.3 Å². The number of aliphatic imine (C=N–C) groups is 2. The van der Waals surface area contributed by atoms with Crippen molar-refractivity contribution in [1.82, 2.24) is 0 Å². The van der Waals surface area contributed by atoms with Crippen LogP contribution in [0.1, 0.15) is 12.0 Å². The Bertz CT molecular complexity index is 763. The van der Waals surface area contributed by atoms with E-state index in [1.807, 2.05) is 6.92 Å². The number of rotatable bonds is 4. The molecule has 0 saturated carbocycles. The highest BCUT2D eigenvalue weighted by atomic mass is 35.5. The smallest absolute Gasteiger partial charge is 0.270 e. The highest BCUT2D eigenvalue weighted by Gasteiger charge is 2.22. The number of carbonyl (C=O) groups excluding carboxylic acids is 1. The zero-order chi connectivity index (χ0) is 19.3. The van der Waals surface area contributed by atoms with Gasteiger partial charge in [0, 0.05) is 17.3 Å². The number of amidine groups is 1. The Morgan fingerprint density at radius 3 is 2.77 bits per heavy atom. The van der Waals surface area contributed by atoms with E-state index in [4.69, 9.17) is 38.9 Å². The number of nitrogens with two attached hydrogens (primary N) is 3. The van der Waals surface area contributed by atoms with Crippen LogP contribution in [0.2, 0.25) is 5.02 Å². The number of nitrogens with zero attached hydrogens (tertiary/aromatic N) is 2. The molecule has 1 aromatic rings. The van der Waals surface area contributed by atoms with Crippen LogP contribution in [0.5, 0.6) is 0 Å². The Morgan fingerprint density at radius 2 is 2.15 bits per heavy atom. The van der Waals surface area contributed by atoms with Crippen molar-refractivity contribution >= 4 is 40.7 Å². The average Bonchev–Trinajstić information content (AvgIpc) is 2.59. The van der Waals surface area contributed by atoms with Crippen molar-refractivity contribution in [3.8, 4) is 0 Å². The lowest BCUT2D eigenvalue weighted by atomic mass is 10.1. The van der Waals surface area contributed by atoms with Gasteiger partial charge in [-0.2, -0.15) is 4.99 Å². The summed E-state index contributed by atoms with van der Waals surface area (Å²) in [7, 11) is 0. The number of anilines is 1. The fraction of sp³-hybridized carbons (Fsp3) is 0.375. The number of carbonyl (C=O) groups is 1. The molecule has 26 heavy (non-hydrogen) atoms. The number of guanidine groups is 1. The predicted octanol–water partition coefficient (Wildman–Crippen LogP) is 0.395. The van der Waals surface area contributed by atoms with E-state index in [1.54, 1.807) is 18.2 Å². The first-order chi connectivity index (χ1) is 12.3. The van der Waals surface area contributed by atoms with E-state index in [0.717, 1.165) is 5.56 Å². The Morgan fingerprint density at radius 1 is 1.42 bits per heavy atom. The molecule has 1 fully saturated rings. The molecule has 1 aliphatic heterocycles. The molecule has 0 radical (unpaired) electrons. The van der Waals surface area contributed by atoms with Gasteiger partial charge in [-0.1, -0.05) is 17.7 Å². The molecule has 1 aromatic carbocycles. The topological polar surface area (TPSA) is 165 Å². The molecule has 0 aromatic heterocycles. The van der Waals surface area contributed by atoms with E-state index in [-0.39, 0.29) is 23.9 Å². The number of hydrogen-bond donors (Lipinski definition) is 5. The maximum atomic E-state index is 11.4. The van der Waals surface area contributed by atoms with Crippen molar-refractivity contribution in [3.05, 3.63) is 28.8 Å². The number of primary amides is 1. The van der Waals surface area contributed by atoms with Gasteiger partial charge in [0.1, 0.15) is 0 Å². The van der Waals surface area contributed by atoms with E-state index in [1.165, 1.54) is 0 Å². The van der Waals surface area contributed by atoms with Crippen molar-refractivity contribution in [2.75, 3.05) is 18.5 Å². The largest absolute Gasteiger partial charge is 0.380 e. The lowest BCUT2D eigenvalue weighted by Crippen LogP contribution is -2.43. The molecule has 0 aliphatic carbocycles. The molecule has 0 unspecified atom stereocenters. The lowest BCUT2D eigenvalue weighted by molar-refractivity contribution is -0.111. The third-order valence-corrected chi connectivity index (χ3v) is 4.21. The number of hydrogen-bond acceptors (Lipinski definition) is 5. The summed E-state index contributed by atoms with van der Waals surface area (Å²) in [6, 6.07) is 4.62. The van der Waals surface area contributed by atoms with Gasteiger partial charge >= 0.3 is 0 Å². The number of halogens is 1. The van der Waals surface area contributed by atoms with Gasteiger partial charge in [-0.3, -0.25) is 10.2 Å². The molecule has 1 heterocycles. The SMILES string of the molecule is Cc1ccc(NC(=NC(N)=N[C@@H]2CCOC[C@@H]2N)C(=N)C(N)=O)cc1Cl. The van der Waals surface area contributed by atoms with E-state index >= 15 is 0 Å². The summed E-state index contributed by atoms with van der Waals surface area (Å²) in [5, 5.41) is 11.2. The maximum absolute atomic E-state index is 11.4. The second-order valence-corrected chi connectivity index (χ2v) is 6.28. The highest BCUT2D eigenvalue weighted by Crippen LogP contribution is 2.20.